The molecule has 0 saturated heterocycles. The molecular weight excluding hydrogens is 474 g/mol. The van der Waals surface area contributed by atoms with E-state index in [2.05, 4.69) is 15.5 Å². The summed E-state index contributed by atoms with van der Waals surface area (Å²) in [6.45, 7) is -0.251. The number of rotatable bonds is 8. The predicted molar refractivity (Wildman–Crippen MR) is 129 cm³/mol. The Morgan fingerprint density at radius 1 is 0.914 bits per heavy atom. The van der Waals surface area contributed by atoms with Crippen molar-refractivity contribution >= 4 is 33.3 Å². The van der Waals surface area contributed by atoms with E-state index < -0.39 is 27.9 Å². The second-order valence-corrected chi connectivity index (χ2v) is 8.61. The molecule has 7 N–H and O–H groups in total. The number of amides is 1. The lowest BCUT2D eigenvalue weighted by molar-refractivity contribution is -0.141. The van der Waals surface area contributed by atoms with Crippen LogP contribution < -0.4 is 16.2 Å². The number of nitrogens with one attached hydrogen (secondary N) is 1. The molecule has 184 valence electrons. The summed E-state index contributed by atoms with van der Waals surface area (Å²) in [7, 11) is -3.79. The van der Waals surface area contributed by atoms with E-state index in [-0.39, 0.29) is 29.3 Å². The van der Waals surface area contributed by atoms with Crippen LogP contribution in [0.1, 0.15) is 5.56 Å². The number of aromatic hydroxyl groups is 1. The van der Waals surface area contributed by atoms with Crippen LogP contribution in [0.4, 0.5) is 11.4 Å². The summed E-state index contributed by atoms with van der Waals surface area (Å²) < 4.78 is 22.7. The van der Waals surface area contributed by atoms with Gasteiger partial charge >= 0.3 is 5.97 Å². The topological polar surface area (TPSA) is 198 Å². The molecule has 1 amide bonds. The highest BCUT2D eigenvalue weighted by Gasteiger charge is 2.19. The Morgan fingerprint density at radius 3 is 2.09 bits per heavy atom. The van der Waals surface area contributed by atoms with Gasteiger partial charge in [0.25, 0.3) is 0 Å². The van der Waals surface area contributed by atoms with Gasteiger partial charge in [0, 0.05) is 6.42 Å². The second kappa shape index (κ2) is 12.9. The molecule has 12 heteroatoms. The third-order valence-electron chi connectivity index (χ3n) is 4.40. The monoisotopic (exact) mass is 499 g/mol. The Morgan fingerprint density at radius 2 is 1.51 bits per heavy atom. The maximum Gasteiger partial charge on any atom is 0.326 e. The van der Waals surface area contributed by atoms with Gasteiger partial charge in [-0.15, -0.1) is 5.11 Å². The number of carbonyl (C=O) groups is 2. The van der Waals surface area contributed by atoms with Crippen molar-refractivity contribution in [3.8, 4) is 5.75 Å². The highest BCUT2D eigenvalue weighted by molar-refractivity contribution is 7.89. The normalized spacial score (nSPS) is 11.8. The maximum atomic E-state index is 11.3. The van der Waals surface area contributed by atoms with Gasteiger partial charge in [-0.3, -0.25) is 4.79 Å². The van der Waals surface area contributed by atoms with Gasteiger partial charge in [-0.25, -0.2) is 18.4 Å². The fraction of sp³-hybridized carbons (Fsp3) is 0.130. The summed E-state index contributed by atoms with van der Waals surface area (Å²) in [4.78, 5) is 21.9. The number of azo groups is 1. The maximum absolute atomic E-state index is 11.3. The van der Waals surface area contributed by atoms with E-state index in [1.165, 1.54) is 18.2 Å². The number of carbonyl (C=O) groups excluding carboxylic acids is 1. The number of nitrogens with zero attached hydrogens (tertiary/aromatic N) is 2. The first-order valence-electron chi connectivity index (χ1n) is 10.2. The number of carboxylic acid groups (broad SMARTS) is 1. The fourth-order valence-corrected chi connectivity index (χ4v) is 3.38. The van der Waals surface area contributed by atoms with E-state index >= 15 is 0 Å². The van der Waals surface area contributed by atoms with Crippen LogP contribution in [0.5, 0.6) is 5.75 Å². The summed E-state index contributed by atoms with van der Waals surface area (Å²) >= 11 is 0. The highest BCUT2D eigenvalue weighted by Crippen LogP contribution is 2.24. The van der Waals surface area contributed by atoms with Gasteiger partial charge < -0.3 is 21.3 Å². The summed E-state index contributed by atoms with van der Waals surface area (Å²) in [6.07, 6.45) is 0.140. The van der Waals surface area contributed by atoms with Gasteiger partial charge in [0.2, 0.25) is 15.9 Å². The molecule has 0 bridgehead atoms. The lowest BCUT2D eigenvalue weighted by Crippen LogP contribution is -2.44. The third-order valence-corrected chi connectivity index (χ3v) is 5.35. The molecule has 0 aliphatic heterocycles. The molecule has 11 nitrogen and oxygen atoms in total. The molecule has 1 atom stereocenters. The van der Waals surface area contributed by atoms with Crippen LogP contribution in [0.3, 0.4) is 0 Å². The first-order chi connectivity index (χ1) is 16.6. The molecule has 3 rings (SSSR count). The quantitative estimate of drug-likeness (QED) is 0.293. The zero-order chi connectivity index (χ0) is 25.8. The van der Waals surface area contributed by atoms with Crippen molar-refractivity contribution in [2.45, 2.75) is 17.4 Å². The van der Waals surface area contributed by atoms with E-state index in [1.54, 1.807) is 42.5 Å². The largest absolute Gasteiger partial charge is 0.508 e. The number of hydrogen-bond acceptors (Lipinski definition) is 8. The van der Waals surface area contributed by atoms with Gasteiger partial charge in [-0.2, -0.15) is 5.11 Å². The number of nitrogens with two attached hydrogens (primary N) is 2. The molecule has 0 spiro atoms. The van der Waals surface area contributed by atoms with Crippen molar-refractivity contribution < 1.29 is 28.2 Å². The second-order valence-electron chi connectivity index (χ2n) is 7.08. The number of hydrogen-bond donors (Lipinski definition) is 5. The molecular formula is C23H25N5O6S. The molecule has 1 unspecified atom stereocenters. The van der Waals surface area contributed by atoms with Crippen LogP contribution in [0.2, 0.25) is 0 Å². The lowest BCUT2D eigenvalue weighted by Gasteiger charge is -2.13. The van der Waals surface area contributed by atoms with Gasteiger partial charge in [0.15, 0.2) is 0 Å². The zero-order valence-electron chi connectivity index (χ0n) is 18.5. The Labute approximate surface area is 202 Å². The lowest BCUT2D eigenvalue weighted by atomic mass is 10.1. The number of carboxylic acids is 1. The average molecular weight is 500 g/mol. The molecule has 35 heavy (non-hydrogen) atoms. The minimum atomic E-state index is -3.79. The molecule has 0 radical (unpaired) electrons. The van der Waals surface area contributed by atoms with Crippen LogP contribution in [-0.4, -0.2) is 43.1 Å². The van der Waals surface area contributed by atoms with Crippen molar-refractivity contribution in [1.29, 1.82) is 0 Å². The summed E-state index contributed by atoms with van der Waals surface area (Å²) in [6, 6.07) is 20.3. The van der Waals surface area contributed by atoms with Crippen LogP contribution in [0.25, 0.3) is 0 Å². The highest BCUT2D eigenvalue weighted by atomic mass is 32.2. The standard InChI is InChI=1S/C12H11N3O2S.C11H14N2O4/c13-18(16,17)12-9-5-4-8-11(12)15-14-10-6-2-1-3-7-10;12-6-10(15)13-9(11(16)17)5-7-1-3-8(14)4-2-7/h1-9H,(H2,13,16,17);1-4,9,14H,5-6,12H2,(H,13,15)(H,16,17)/b15-14+;. The Kier molecular flexibility index (Phi) is 10.0. The number of aliphatic carboxylic acids is 1. The van der Waals surface area contributed by atoms with Crippen LogP contribution in [-0.2, 0) is 26.0 Å². The molecule has 3 aromatic rings. The summed E-state index contributed by atoms with van der Waals surface area (Å²) in [5.41, 5.74) is 6.66. The van der Waals surface area contributed by atoms with Crippen LogP contribution in [0, 0.1) is 0 Å². The van der Waals surface area contributed by atoms with Gasteiger partial charge in [-0.1, -0.05) is 42.5 Å². The van der Waals surface area contributed by atoms with Crippen molar-refractivity contribution in [1.82, 2.24) is 5.32 Å². The molecule has 3 aromatic carbocycles. The van der Waals surface area contributed by atoms with Crippen molar-refractivity contribution in [3.63, 3.8) is 0 Å². The third kappa shape index (κ3) is 9.33. The first kappa shape index (κ1) is 27.1. The SMILES string of the molecule is NCC(=O)NC(Cc1ccc(O)cc1)C(=O)O.NS(=O)(=O)c1ccccc1/N=N/c1ccccc1. The Bertz CT molecular complexity index is 1270. The molecule has 0 fully saturated rings. The minimum absolute atomic E-state index is 0.0373. The van der Waals surface area contributed by atoms with Crippen LogP contribution in [0.15, 0.2) is 94.0 Å². The van der Waals surface area contributed by atoms with Crippen molar-refractivity contribution in [3.05, 3.63) is 84.4 Å². The smallest absolute Gasteiger partial charge is 0.326 e. The molecule has 0 aromatic heterocycles. The fourth-order valence-electron chi connectivity index (χ4n) is 2.71. The van der Waals surface area contributed by atoms with Crippen LogP contribution >= 0.6 is 0 Å². The van der Waals surface area contributed by atoms with Gasteiger partial charge in [-0.05, 0) is 42.0 Å². The van der Waals surface area contributed by atoms with Crippen molar-refractivity contribution in [2.75, 3.05) is 6.54 Å². The molecule has 0 aliphatic carbocycles. The minimum Gasteiger partial charge on any atom is -0.508 e. The molecule has 0 aliphatic rings. The van der Waals surface area contributed by atoms with E-state index in [0.29, 0.717) is 11.3 Å². The van der Waals surface area contributed by atoms with Gasteiger partial charge in [0.1, 0.15) is 22.4 Å². The number of sulfonamides is 1. The number of primary sulfonamides is 1. The van der Waals surface area contributed by atoms with E-state index in [4.69, 9.17) is 21.1 Å². The summed E-state index contributed by atoms with van der Waals surface area (Å²) in [5, 5.41) is 33.3. The number of benzene rings is 3. The van der Waals surface area contributed by atoms with Crippen molar-refractivity contribution in [2.24, 2.45) is 21.1 Å². The summed E-state index contributed by atoms with van der Waals surface area (Å²) in [5.74, 6) is -1.54. The number of phenolic OH excluding ortho intramolecular Hbond substituents is 1. The van der Waals surface area contributed by atoms with E-state index in [9.17, 15) is 18.0 Å². The molecule has 0 heterocycles. The van der Waals surface area contributed by atoms with E-state index in [1.807, 2.05) is 18.2 Å². The Balaban J connectivity index is 0.000000247. The molecule has 0 saturated carbocycles. The van der Waals surface area contributed by atoms with Gasteiger partial charge in [0.05, 0.1) is 12.2 Å². The number of phenols is 1. The van der Waals surface area contributed by atoms with E-state index in [0.717, 1.165) is 0 Å². The zero-order valence-corrected chi connectivity index (χ0v) is 19.3. The first-order valence-corrected chi connectivity index (χ1v) is 11.7. The predicted octanol–water partition coefficient (Wildman–Crippen LogP) is 2.21. The Hall–Kier alpha value is -4.13. The average Bonchev–Trinajstić information content (AvgIpc) is 2.84.